The molecule has 0 saturated carbocycles. The van der Waals surface area contributed by atoms with Gasteiger partial charge in [0, 0.05) is 16.7 Å². The zero-order chi connectivity index (χ0) is 14.4. The molecule has 2 N–H and O–H groups in total. The summed E-state index contributed by atoms with van der Waals surface area (Å²) < 4.78 is 1.02. The van der Waals surface area contributed by atoms with Crippen molar-refractivity contribution in [1.82, 2.24) is 10.2 Å². The molecule has 0 atom stereocenters. The lowest BCUT2D eigenvalue weighted by Crippen LogP contribution is -2.32. The van der Waals surface area contributed by atoms with Gasteiger partial charge < -0.3 is 15.5 Å². The number of hydrogen-bond donors (Lipinski definition) is 2. The summed E-state index contributed by atoms with van der Waals surface area (Å²) in [5.41, 5.74) is 1.90. The van der Waals surface area contributed by atoms with Crippen molar-refractivity contribution in [3.8, 4) is 0 Å². The van der Waals surface area contributed by atoms with E-state index >= 15 is 0 Å². The molecular formula is C15H22BrN3O. The van der Waals surface area contributed by atoms with Crippen molar-refractivity contribution in [2.24, 2.45) is 0 Å². The lowest BCUT2D eigenvalue weighted by Gasteiger charge is -2.14. The Balaban J connectivity index is 1.67. The van der Waals surface area contributed by atoms with Crippen molar-refractivity contribution in [3.05, 3.63) is 28.2 Å². The Bertz CT molecular complexity index is 458. The molecule has 0 aliphatic carbocycles. The Labute approximate surface area is 129 Å². The summed E-state index contributed by atoms with van der Waals surface area (Å²) in [6.45, 7) is 6.21. The molecule has 20 heavy (non-hydrogen) atoms. The predicted octanol–water partition coefficient (Wildman–Crippen LogP) is 3.36. The Morgan fingerprint density at radius 3 is 2.80 bits per heavy atom. The number of anilines is 1. The molecule has 1 aliphatic rings. The summed E-state index contributed by atoms with van der Waals surface area (Å²) in [4.78, 5) is 14.3. The van der Waals surface area contributed by atoms with E-state index in [-0.39, 0.29) is 6.03 Å². The Hall–Kier alpha value is -1.07. The van der Waals surface area contributed by atoms with Crippen LogP contribution in [0.15, 0.2) is 22.7 Å². The van der Waals surface area contributed by atoms with Gasteiger partial charge in [-0.2, -0.15) is 0 Å². The fourth-order valence-electron chi connectivity index (χ4n) is 2.44. The van der Waals surface area contributed by atoms with Gasteiger partial charge in [0.1, 0.15) is 0 Å². The molecule has 1 heterocycles. The summed E-state index contributed by atoms with van der Waals surface area (Å²) in [5, 5.41) is 5.79. The first-order valence-electron chi connectivity index (χ1n) is 7.18. The van der Waals surface area contributed by atoms with Crippen LogP contribution >= 0.6 is 15.9 Å². The smallest absolute Gasteiger partial charge is 0.319 e. The van der Waals surface area contributed by atoms with Crippen molar-refractivity contribution in [1.29, 1.82) is 0 Å². The average Bonchev–Trinajstić information content (AvgIpc) is 2.91. The van der Waals surface area contributed by atoms with Gasteiger partial charge >= 0.3 is 6.03 Å². The summed E-state index contributed by atoms with van der Waals surface area (Å²) in [5.74, 6) is 0. The second-order valence-corrected chi connectivity index (χ2v) is 6.16. The number of likely N-dealkylation sites (tertiary alicyclic amines) is 1. The standard InChI is InChI=1S/C15H22BrN3O/c1-12-11-13(16)5-6-14(12)18-15(20)17-7-4-10-19-8-2-3-9-19/h5-6,11H,2-4,7-10H2,1H3,(H2,17,18,20). The van der Waals surface area contributed by atoms with E-state index in [0.29, 0.717) is 0 Å². The van der Waals surface area contributed by atoms with E-state index in [9.17, 15) is 4.79 Å². The largest absolute Gasteiger partial charge is 0.338 e. The van der Waals surface area contributed by atoms with Crippen molar-refractivity contribution in [2.45, 2.75) is 26.2 Å². The van der Waals surface area contributed by atoms with Crippen LogP contribution in [0.4, 0.5) is 10.5 Å². The number of benzene rings is 1. The first-order chi connectivity index (χ1) is 9.65. The van der Waals surface area contributed by atoms with Gasteiger partial charge in [-0.25, -0.2) is 4.79 Å². The Kier molecular flexibility index (Phi) is 5.86. The zero-order valence-corrected chi connectivity index (χ0v) is 13.5. The van der Waals surface area contributed by atoms with E-state index in [1.807, 2.05) is 25.1 Å². The van der Waals surface area contributed by atoms with E-state index in [4.69, 9.17) is 0 Å². The highest BCUT2D eigenvalue weighted by Gasteiger charge is 2.10. The highest BCUT2D eigenvalue weighted by atomic mass is 79.9. The number of aryl methyl sites for hydroxylation is 1. The SMILES string of the molecule is Cc1cc(Br)ccc1NC(=O)NCCCN1CCCC1. The zero-order valence-electron chi connectivity index (χ0n) is 11.9. The van der Waals surface area contributed by atoms with Gasteiger partial charge in [-0.05, 0) is 69.6 Å². The van der Waals surface area contributed by atoms with E-state index in [1.54, 1.807) is 0 Å². The number of halogens is 1. The van der Waals surface area contributed by atoms with Crippen molar-refractivity contribution < 1.29 is 4.79 Å². The molecule has 1 aromatic rings. The van der Waals surface area contributed by atoms with Crippen LogP contribution in [0.3, 0.4) is 0 Å². The van der Waals surface area contributed by atoms with Crippen LogP contribution < -0.4 is 10.6 Å². The molecule has 1 fully saturated rings. The summed E-state index contributed by atoms with van der Waals surface area (Å²) >= 11 is 3.41. The third-order valence-corrected chi connectivity index (χ3v) is 4.07. The van der Waals surface area contributed by atoms with E-state index < -0.39 is 0 Å². The molecular weight excluding hydrogens is 318 g/mol. The maximum absolute atomic E-state index is 11.8. The van der Waals surface area contributed by atoms with E-state index in [0.717, 1.165) is 35.2 Å². The van der Waals surface area contributed by atoms with Gasteiger partial charge in [-0.3, -0.25) is 0 Å². The maximum Gasteiger partial charge on any atom is 0.319 e. The third kappa shape index (κ3) is 4.80. The van der Waals surface area contributed by atoms with Gasteiger partial charge in [0.2, 0.25) is 0 Å². The molecule has 0 spiro atoms. The number of carbonyl (C=O) groups excluding carboxylic acids is 1. The maximum atomic E-state index is 11.8. The quantitative estimate of drug-likeness (QED) is 0.808. The molecule has 2 amide bonds. The summed E-state index contributed by atoms with van der Waals surface area (Å²) in [6.07, 6.45) is 3.64. The minimum absolute atomic E-state index is 0.128. The number of carbonyl (C=O) groups is 1. The number of nitrogens with zero attached hydrogens (tertiary/aromatic N) is 1. The van der Waals surface area contributed by atoms with Crippen LogP contribution in [-0.2, 0) is 0 Å². The first-order valence-corrected chi connectivity index (χ1v) is 7.98. The summed E-state index contributed by atoms with van der Waals surface area (Å²) in [7, 11) is 0. The molecule has 4 nitrogen and oxygen atoms in total. The topological polar surface area (TPSA) is 44.4 Å². The van der Waals surface area contributed by atoms with Crippen LogP contribution in [-0.4, -0.2) is 37.1 Å². The monoisotopic (exact) mass is 339 g/mol. The van der Waals surface area contributed by atoms with Crippen LogP contribution in [0.25, 0.3) is 0 Å². The van der Waals surface area contributed by atoms with Crippen molar-refractivity contribution in [2.75, 3.05) is 31.5 Å². The Morgan fingerprint density at radius 1 is 1.35 bits per heavy atom. The van der Waals surface area contributed by atoms with Gasteiger partial charge in [0.05, 0.1) is 0 Å². The molecule has 0 aromatic heterocycles. The lowest BCUT2D eigenvalue weighted by atomic mass is 10.2. The molecule has 5 heteroatoms. The highest BCUT2D eigenvalue weighted by Crippen LogP contribution is 2.19. The molecule has 110 valence electrons. The number of urea groups is 1. The predicted molar refractivity (Wildman–Crippen MR) is 86.2 cm³/mol. The van der Waals surface area contributed by atoms with Crippen LogP contribution in [0.2, 0.25) is 0 Å². The molecule has 1 aliphatic heterocycles. The molecule has 0 bridgehead atoms. The number of nitrogens with one attached hydrogen (secondary N) is 2. The van der Waals surface area contributed by atoms with Gasteiger partial charge in [-0.15, -0.1) is 0 Å². The van der Waals surface area contributed by atoms with Gasteiger partial charge in [0.15, 0.2) is 0 Å². The minimum atomic E-state index is -0.128. The normalized spacial score (nSPS) is 15.3. The van der Waals surface area contributed by atoms with E-state index in [2.05, 4.69) is 31.5 Å². The Morgan fingerprint density at radius 2 is 2.10 bits per heavy atom. The fourth-order valence-corrected chi connectivity index (χ4v) is 2.92. The third-order valence-electron chi connectivity index (χ3n) is 3.57. The van der Waals surface area contributed by atoms with Crippen molar-refractivity contribution in [3.63, 3.8) is 0 Å². The second-order valence-electron chi connectivity index (χ2n) is 5.24. The lowest BCUT2D eigenvalue weighted by molar-refractivity contribution is 0.251. The average molecular weight is 340 g/mol. The van der Waals surface area contributed by atoms with Crippen molar-refractivity contribution >= 4 is 27.6 Å². The molecule has 2 rings (SSSR count). The van der Waals surface area contributed by atoms with Gasteiger partial charge in [0.25, 0.3) is 0 Å². The van der Waals surface area contributed by atoms with Crippen LogP contribution in [0.1, 0.15) is 24.8 Å². The molecule has 0 radical (unpaired) electrons. The molecule has 1 aromatic carbocycles. The minimum Gasteiger partial charge on any atom is -0.338 e. The number of hydrogen-bond acceptors (Lipinski definition) is 2. The summed E-state index contributed by atoms with van der Waals surface area (Å²) in [6, 6.07) is 5.69. The number of amides is 2. The van der Waals surface area contributed by atoms with Crippen LogP contribution in [0.5, 0.6) is 0 Å². The molecule has 0 unspecified atom stereocenters. The fraction of sp³-hybridized carbons (Fsp3) is 0.533. The highest BCUT2D eigenvalue weighted by molar-refractivity contribution is 9.10. The number of rotatable bonds is 5. The second kappa shape index (κ2) is 7.64. The molecule has 1 saturated heterocycles. The first kappa shape index (κ1) is 15.3. The van der Waals surface area contributed by atoms with E-state index in [1.165, 1.54) is 25.9 Å². The van der Waals surface area contributed by atoms with Gasteiger partial charge in [-0.1, -0.05) is 15.9 Å². The van der Waals surface area contributed by atoms with Crippen LogP contribution in [0, 0.1) is 6.92 Å².